The standard InChI is InChI=1S/C16H16FN3O2/c1-16(2)14(13-5-3-4-10-18-13)19(21)15(20(16)22)11-6-8-12(17)9-7-11/h3-10,15,22H,1-2H3/t15-/m1/s1. The first-order valence-electron chi connectivity index (χ1n) is 6.92. The summed E-state index contributed by atoms with van der Waals surface area (Å²) < 4.78 is 13.8. The molecular weight excluding hydrogens is 285 g/mol. The van der Waals surface area contributed by atoms with Gasteiger partial charge in [-0.2, -0.15) is 4.74 Å². The van der Waals surface area contributed by atoms with Crippen LogP contribution in [-0.4, -0.2) is 31.2 Å². The number of halogens is 1. The molecule has 1 aliphatic heterocycles. The molecule has 1 aromatic heterocycles. The Kier molecular flexibility index (Phi) is 3.42. The lowest BCUT2D eigenvalue weighted by molar-refractivity contribution is -0.544. The third kappa shape index (κ3) is 2.17. The van der Waals surface area contributed by atoms with Crippen molar-refractivity contribution < 1.29 is 14.3 Å². The van der Waals surface area contributed by atoms with E-state index in [1.165, 1.54) is 24.3 Å². The van der Waals surface area contributed by atoms with Gasteiger partial charge in [0.15, 0.2) is 0 Å². The van der Waals surface area contributed by atoms with Crippen LogP contribution in [-0.2, 0) is 0 Å². The highest BCUT2D eigenvalue weighted by atomic mass is 19.1. The number of pyridine rings is 1. The zero-order valence-electron chi connectivity index (χ0n) is 12.3. The Labute approximate surface area is 127 Å². The van der Waals surface area contributed by atoms with Crippen molar-refractivity contribution in [1.82, 2.24) is 10.0 Å². The average molecular weight is 301 g/mol. The zero-order valence-corrected chi connectivity index (χ0v) is 12.3. The van der Waals surface area contributed by atoms with Crippen molar-refractivity contribution in [2.24, 2.45) is 0 Å². The SMILES string of the molecule is CC1(C)C(c2ccccn2)=[N+]([O-])[C@@H](c2ccc(F)cc2)N1O. The van der Waals surface area contributed by atoms with Crippen molar-refractivity contribution in [3.63, 3.8) is 0 Å². The molecule has 2 aromatic rings. The fourth-order valence-electron chi connectivity index (χ4n) is 2.75. The molecule has 2 heterocycles. The fraction of sp³-hybridized carbons (Fsp3) is 0.250. The van der Waals surface area contributed by atoms with Crippen LogP contribution < -0.4 is 0 Å². The molecule has 114 valence electrons. The molecule has 0 radical (unpaired) electrons. The third-order valence-electron chi connectivity index (χ3n) is 3.90. The van der Waals surface area contributed by atoms with Crippen molar-refractivity contribution in [2.45, 2.75) is 25.6 Å². The van der Waals surface area contributed by atoms with Crippen molar-refractivity contribution >= 4 is 5.71 Å². The van der Waals surface area contributed by atoms with Crippen LogP contribution in [0.5, 0.6) is 0 Å². The Morgan fingerprint density at radius 1 is 1.23 bits per heavy atom. The van der Waals surface area contributed by atoms with Crippen LogP contribution in [0.2, 0.25) is 0 Å². The Morgan fingerprint density at radius 3 is 2.50 bits per heavy atom. The summed E-state index contributed by atoms with van der Waals surface area (Å²) in [5.41, 5.74) is 0.462. The summed E-state index contributed by atoms with van der Waals surface area (Å²) >= 11 is 0. The van der Waals surface area contributed by atoms with Gasteiger partial charge in [0, 0.05) is 11.8 Å². The molecule has 0 saturated heterocycles. The van der Waals surface area contributed by atoms with E-state index < -0.39 is 17.5 Å². The second kappa shape index (κ2) is 5.15. The van der Waals surface area contributed by atoms with E-state index in [-0.39, 0.29) is 0 Å². The lowest BCUT2D eigenvalue weighted by Gasteiger charge is -2.25. The molecule has 6 heteroatoms. The number of nitrogens with zero attached hydrogens (tertiary/aromatic N) is 3. The second-order valence-corrected chi connectivity index (χ2v) is 5.72. The maximum Gasteiger partial charge on any atom is 0.268 e. The van der Waals surface area contributed by atoms with Crippen LogP contribution in [0.15, 0.2) is 48.7 Å². The van der Waals surface area contributed by atoms with Crippen LogP contribution >= 0.6 is 0 Å². The van der Waals surface area contributed by atoms with Crippen LogP contribution in [0.4, 0.5) is 4.39 Å². The number of hydroxylamine groups is 3. The molecular formula is C16H16FN3O2. The summed E-state index contributed by atoms with van der Waals surface area (Å²) in [6.45, 7) is 3.48. The number of rotatable bonds is 2. The molecule has 1 aromatic carbocycles. The van der Waals surface area contributed by atoms with E-state index >= 15 is 0 Å². The molecule has 0 fully saturated rings. The van der Waals surface area contributed by atoms with Crippen molar-refractivity contribution in [3.8, 4) is 0 Å². The van der Waals surface area contributed by atoms with Crippen LogP contribution in [0.1, 0.15) is 31.3 Å². The summed E-state index contributed by atoms with van der Waals surface area (Å²) in [6.07, 6.45) is 0.659. The van der Waals surface area contributed by atoms with Crippen molar-refractivity contribution in [3.05, 3.63) is 70.9 Å². The predicted octanol–water partition coefficient (Wildman–Crippen LogP) is 2.70. The highest BCUT2D eigenvalue weighted by Gasteiger charge is 2.53. The van der Waals surface area contributed by atoms with Gasteiger partial charge < -0.3 is 10.4 Å². The molecule has 0 amide bonds. The summed E-state index contributed by atoms with van der Waals surface area (Å²) in [7, 11) is 0. The number of aromatic nitrogens is 1. The van der Waals surface area contributed by atoms with Gasteiger partial charge >= 0.3 is 0 Å². The Morgan fingerprint density at radius 2 is 1.91 bits per heavy atom. The molecule has 0 unspecified atom stereocenters. The molecule has 0 bridgehead atoms. The van der Waals surface area contributed by atoms with E-state index in [0.717, 1.165) is 9.80 Å². The van der Waals surface area contributed by atoms with Gasteiger partial charge in [0.25, 0.3) is 6.17 Å². The van der Waals surface area contributed by atoms with E-state index in [1.54, 1.807) is 38.2 Å². The first-order chi connectivity index (χ1) is 10.4. The molecule has 3 rings (SSSR count). The molecule has 0 saturated carbocycles. The number of hydrogen-bond acceptors (Lipinski definition) is 4. The summed E-state index contributed by atoms with van der Waals surface area (Å²) in [6, 6.07) is 10.8. The highest BCUT2D eigenvalue weighted by molar-refractivity contribution is 6.02. The molecule has 1 aliphatic rings. The minimum Gasteiger partial charge on any atom is -0.622 e. The third-order valence-corrected chi connectivity index (χ3v) is 3.90. The first-order valence-corrected chi connectivity index (χ1v) is 6.92. The van der Waals surface area contributed by atoms with Crippen LogP contribution in [0.3, 0.4) is 0 Å². The maximum atomic E-state index is 13.1. The second-order valence-electron chi connectivity index (χ2n) is 5.72. The maximum absolute atomic E-state index is 13.1. The fourth-order valence-corrected chi connectivity index (χ4v) is 2.75. The normalized spacial score (nSPS) is 21.4. The topological polar surface area (TPSA) is 62.4 Å². The molecule has 1 atom stereocenters. The highest BCUT2D eigenvalue weighted by Crippen LogP contribution is 2.36. The molecule has 1 N–H and O–H groups in total. The van der Waals surface area contributed by atoms with E-state index in [1.807, 2.05) is 0 Å². The Balaban J connectivity index is 2.13. The zero-order chi connectivity index (χ0) is 15.9. The first kappa shape index (κ1) is 14.6. The molecule has 0 aliphatic carbocycles. The number of hydrogen-bond donors (Lipinski definition) is 1. The average Bonchev–Trinajstić information content (AvgIpc) is 2.67. The van der Waals surface area contributed by atoms with Gasteiger partial charge in [-0.3, -0.25) is 4.98 Å². The smallest absolute Gasteiger partial charge is 0.268 e. The summed E-state index contributed by atoms with van der Waals surface area (Å²) in [5, 5.41) is 24.2. The van der Waals surface area contributed by atoms with Crippen LogP contribution in [0, 0.1) is 11.0 Å². The van der Waals surface area contributed by atoms with E-state index in [0.29, 0.717) is 17.0 Å². The summed E-state index contributed by atoms with van der Waals surface area (Å²) in [5.74, 6) is -0.392. The van der Waals surface area contributed by atoms with Crippen molar-refractivity contribution in [1.29, 1.82) is 0 Å². The predicted molar refractivity (Wildman–Crippen MR) is 78.8 cm³/mol. The lowest BCUT2D eigenvalue weighted by Crippen LogP contribution is -2.44. The Bertz CT molecular complexity index is 714. The minimum atomic E-state index is -0.937. The van der Waals surface area contributed by atoms with E-state index in [2.05, 4.69) is 4.98 Å². The van der Waals surface area contributed by atoms with E-state index in [9.17, 15) is 14.8 Å². The van der Waals surface area contributed by atoms with Gasteiger partial charge in [0.1, 0.15) is 17.1 Å². The minimum absolute atomic E-state index is 0.366. The molecule has 5 nitrogen and oxygen atoms in total. The largest absolute Gasteiger partial charge is 0.622 e. The monoisotopic (exact) mass is 301 g/mol. The molecule has 22 heavy (non-hydrogen) atoms. The van der Waals surface area contributed by atoms with Crippen LogP contribution in [0.25, 0.3) is 0 Å². The lowest BCUT2D eigenvalue weighted by atomic mass is 9.96. The van der Waals surface area contributed by atoms with E-state index in [4.69, 9.17) is 0 Å². The van der Waals surface area contributed by atoms with Gasteiger partial charge in [0.05, 0.1) is 0 Å². The number of benzene rings is 1. The van der Waals surface area contributed by atoms with Crippen molar-refractivity contribution in [2.75, 3.05) is 0 Å². The molecule has 0 spiro atoms. The van der Waals surface area contributed by atoms with Gasteiger partial charge in [-0.25, -0.2) is 4.39 Å². The van der Waals surface area contributed by atoms with Gasteiger partial charge in [-0.05, 0) is 50.2 Å². The van der Waals surface area contributed by atoms with Gasteiger partial charge in [-0.15, -0.1) is 5.06 Å². The van der Waals surface area contributed by atoms with Gasteiger partial charge in [0.2, 0.25) is 5.71 Å². The van der Waals surface area contributed by atoms with Gasteiger partial charge in [-0.1, -0.05) is 6.07 Å². The quantitative estimate of drug-likeness (QED) is 0.684. The summed E-state index contributed by atoms with van der Waals surface area (Å²) in [4.78, 5) is 4.21. The Hall–Kier alpha value is -2.31.